The topological polar surface area (TPSA) is 62.3 Å². The number of hydrogen-bond donors (Lipinski definition) is 1. The average Bonchev–Trinajstić information content (AvgIpc) is 3.08. The van der Waals surface area contributed by atoms with Gasteiger partial charge in [0, 0.05) is 19.5 Å². The van der Waals surface area contributed by atoms with E-state index >= 15 is 0 Å². The molecule has 0 saturated carbocycles. The predicted molar refractivity (Wildman–Crippen MR) is 95.8 cm³/mol. The summed E-state index contributed by atoms with van der Waals surface area (Å²) < 4.78 is 1.13. The molecule has 0 aliphatic carbocycles. The van der Waals surface area contributed by atoms with E-state index in [0.717, 1.165) is 35.2 Å². The van der Waals surface area contributed by atoms with E-state index in [4.69, 9.17) is 0 Å². The molecule has 1 aliphatic rings. The summed E-state index contributed by atoms with van der Waals surface area (Å²) in [5.74, 6) is 0.0699. The lowest BCUT2D eigenvalue weighted by Gasteiger charge is -2.32. The molecule has 1 fully saturated rings. The number of fused-ring (bicyclic) bond motifs is 1. The monoisotopic (exact) mass is 345 g/mol. The first-order valence-corrected chi connectivity index (χ1v) is 9.37. The van der Waals surface area contributed by atoms with Gasteiger partial charge in [0.05, 0.1) is 27.7 Å². The van der Waals surface area contributed by atoms with Gasteiger partial charge < -0.3 is 10.2 Å². The third kappa shape index (κ3) is 3.59. The van der Waals surface area contributed by atoms with Crippen molar-refractivity contribution < 1.29 is 9.59 Å². The van der Waals surface area contributed by atoms with Crippen molar-refractivity contribution in [3.8, 4) is 0 Å². The van der Waals surface area contributed by atoms with E-state index in [1.807, 2.05) is 36.4 Å². The van der Waals surface area contributed by atoms with Crippen molar-refractivity contribution in [1.29, 1.82) is 0 Å². The summed E-state index contributed by atoms with van der Waals surface area (Å²) in [6.45, 7) is 5.18. The van der Waals surface area contributed by atoms with Gasteiger partial charge >= 0.3 is 0 Å². The maximum Gasteiger partial charge on any atom is 0.225 e. The Morgan fingerprint density at radius 1 is 1.46 bits per heavy atom. The van der Waals surface area contributed by atoms with Crippen molar-refractivity contribution in [2.75, 3.05) is 13.1 Å². The standard InChI is InChI=1S/C18H23N3O2S/c1-3-17(22)21-8-4-5-14(10-21)18(23)20-12(2)13-6-7-15-16(9-13)24-11-19-15/h6-7,9,11-12,14H,3-5,8,10H2,1-2H3,(H,20,23)/t12-,14-/m0/s1. The van der Waals surface area contributed by atoms with Crippen LogP contribution in [0.2, 0.25) is 0 Å². The van der Waals surface area contributed by atoms with Gasteiger partial charge in [-0.1, -0.05) is 13.0 Å². The highest BCUT2D eigenvalue weighted by molar-refractivity contribution is 7.16. The van der Waals surface area contributed by atoms with Crippen LogP contribution in [0.4, 0.5) is 0 Å². The van der Waals surface area contributed by atoms with E-state index in [0.29, 0.717) is 13.0 Å². The largest absolute Gasteiger partial charge is 0.349 e. The molecule has 3 rings (SSSR count). The highest BCUT2D eigenvalue weighted by atomic mass is 32.1. The maximum absolute atomic E-state index is 12.6. The summed E-state index contributed by atoms with van der Waals surface area (Å²) in [6, 6.07) is 6.04. The van der Waals surface area contributed by atoms with E-state index in [-0.39, 0.29) is 23.8 Å². The van der Waals surface area contributed by atoms with Crippen LogP contribution in [0.15, 0.2) is 23.7 Å². The van der Waals surface area contributed by atoms with E-state index in [2.05, 4.69) is 16.4 Å². The smallest absolute Gasteiger partial charge is 0.225 e. The molecule has 2 heterocycles. The molecule has 2 amide bonds. The highest BCUT2D eigenvalue weighted by Crippen LogP contribution is 2.24. The first-order valence-electron chi connectivity index (χ1n) is 8.49. The molecule has 5 nitrogen and oxygen atoms in total. The van der Waals surface area contributed by atoms with Crippen LogP contribution in [0.5, 0.6) is 0 Å². The number of carbonyl (C=O) groups excluding carboxylic acids is 2. The minimum atomic E-state index is -0.108. The fourth-order valence-corrected chi connectivity index (χ4v) is 3.92. The molecule has 0 bridgehead atoms. The van der Waals surface area contributed by atoms with Gasteiger partial charge in [-0.2, -0.15) is 0 Å². The third-order valence-corrected chi connectivity index (χ3v) is 5.45. The van der Waals surface area contributed by atoms with Gasteiger partial charge in [0.1, 0.15) is 0 Å². The van der Waals surface area contributed by atoms with Crippen molar-refractivity contribution >= 4 is 33.4 Å². The second-order valence-corrected chi connectivity index (χ2v) is 7.23. The van der Waals surface area contributed by atoms with Gasteiger partial charge in [0.25, 0.3) is 0 Å². The Balaban J connectivity index is 1.63. The van der Waals surface area contributed by atoms with Crippen molar-refractivity contribution in [1.82, 2.24) is 15.2 Å². The van der Waals surface area contributed by atoms with Crippen LogP contribution in [0.1, 0.15) is 44.7 Å². The molecule has 0 spiro atoms. The van der Waals surface area contributed by atoms with Crippen LogP contribution < -0.4 is 5.32 Å². The van der Waals surface area contributed by atoms with Crippen LogP contribution >= 0.6 is 11.3 Å². The van der Waals surface area contributed by atoms with Crippen molar-refractivity contribution in [2.45, 2.75) is 39.2 Å². The van der Waals surface area contributed by atoms with Gasteiger partial charge in [-0.05, 0) is 37.5 Å². The lowest BCUT2D eigenvalue weighted by atomic mass is 9.96. The van der Waals surface area contributed by atoms with Gasteiger partial charge in [0.2, 0.25) is 11.8 Å². The third-order valence-electron chi connectivity index (χ3n) is 4.66. The number of benzene rings is 1. The van der Waals surface area contributed by atoms with Crippen LogP contribution in [0.25, 0.3) is 10.2 Å². The van der Waals surface area contributed by atoms with Crippen molar-refractivity contribution in [3.05, 3.63) is 29.3 Å². The molecule has 2 aromatic rings. The fourth-order valence-electron chi connectivity index (χ4n) is 3.20. The minimum Gasteiger partial charge on any atom is -0.349 e. The highest BCUT2D eigenvalue weighted by Gasteiger charge is 2.28. The molecule has 1 aromatic carbocycles. The lowest BCUT2D eigenvalue weighted by molar-refractivity contribution is -0.135. The van der Waals surface area contributed by atoms with Crippen LogP contribution in [-0.2, 0) is 9.59 Å². The molecule has 128 valence electrons. The average molecular weight is 345 g/mol. The zero-order chi connectivity index (χ0) is 17.1. The van der Waals surface area contributed by atoms with Gasteiger partial charge in [-0.25, -0.2) is 4.98 Å². The van der Waals surface area contributed by atoms with Crippen LogP contribution in [0, 0.1) is 5.92 Å². The number of nitrogens with zero attached hydrogens (tertiary/aromatic N) is 2. The number of hydrogen-bond acceptors (Lipinski definition) is 4. The predicted octanol–water partition coefficient (Wildman–Crippen LogP) is 3.12. The van der Waals surface area contributed by atoms with E-state index < -0.39 is 0 Å². The van der Waals surface area contributed by atoms with Crippen LogP contribution in [0.3, 0.4) is 0 Å². The Morgan fingerprint density at radius 3 is 3.08 bits per heavy atom. The zero-order valence-corrected chi connectivity index (χ0v) is 14.9. The Kier molecular flexibility index (Phi) is 5.14. The van der Waals surface area contributed by atoms with E-state index in [9.17, 15) is 9.59 Å². The summed E-state index contributed by atoms with van der Waals surface area (Å²) >= 11 is 1.60. The van der Waals surface area contributed by atoms with Gasteiger partial charge in [-0.3, -0.25) is 9.59 Å². The van der Waals surface area contributed by atoms with Crippen molar-refractivity contribution in [2.24, 2.45) is 5.92 Å². The first kappa shape index (κ1) is 16.9. The summed E-state index contributed by atoms with van der Waals surface area (Å²) in [6.07, 6.45) is 2.24. The first-order chi connectivity index (χ1) is 11.6. The maximum atomic E-state index is 12.6. The molecule has 1 N–H and O–H groups in total. The quantitative estimate of drug-likeness (QED) is 0.926. The number of likely N-dealkylation sites (tertiary alicyclic amines) is 1. The Morgan fingerprint density at radius 2 is 2.29 bits per heavy atom. The number of aromatic nitrogens is 1. The lowest BCUT2D eigenvalue weighted by Crippen LogP contribution is -2.45. The molecule has 2 atom stereocenters. The number of amides is 2. The van der Waals surface area contributed by atoms with Gasteiger partial charge in [0.15, 0.2) is 0 Å². The number of rotatable bonds is 4. The zero-order valence-electron chi connectivity index (χ0n) is 14.1. The number of thiazole rings is 1. The van der Waals surface area contributed by atoms with Crippen LogP contribution in [-0.4, -0.2) is 34.8 Å². The molecular formula is C18H23N3O2S. The van der Waals surface area contributed by atoms with Crippen molar-refractivity contribution in [3.63, 3.8) is 0 Å². The molecule has 1 saturated heterocycles. The van der Waals surface area contributed by atoms with E-state index in [1.54, 1.807) is 11.3 Å². The molecule has 0 unspecified atom stereocenters. The Bertz CT molecular complexity index is 743. The summed E-state index contributed by atoms with van der Waals surface area (Å²) in [5, 5.41) is 3.11. The van der Waals surface area contributed by atoms with Gasteiger partial charge in [-0.15, -0.1) is 11.3 Å². The molecule has 24 heavy (non-hydrogen) atoms. The Labute approximate surface area is 146 Å². The van der Waals surface area contributed by atoms with E-state index in [1.165, 1.54) is 0 Å². The second-order valence-electron chi connectivity index (χ2n) is 6.34. The fraction of sp³-hybridized carbons (Fsp3) is 0.500. The molecule has 0 radical (unpaired) electrons. The Hall–Kier alpha value is -1.95. The summed E-state index contributed by atoms with van der Waals surface area (Å²) in [7, 11) is 0. The molecule has 6 heteroatoms. The minimum absolute atomic E-state index is 0.0421. The second kappa shape index (κ2) is 7.30. The summed E-state index contributed by atoms with van der Waals surface area (Å²) in [4.78, 5) is 30.6. The number of carbonyl (C=O) groups is 2. The molecule has 1 aromatic heterocycles. The number of piperidine rings is 1. The normalized spacial score (nSPS) is 19.2. The molecular weight excluding hydrogens is 322 g/mol. The number of nitrogens with one attached hydrogen (secondary N) is 1. The summed E-state index contributed by atoms with van der Waals surface area (Å²) in [5.41, 5.74) is 3.90. The SMILES string of the molecule is CCC(=O)N1CCC[C@H](C(=O)N[C@@H](C)c2ccc3ncsc3c2)C1. The molecule has 1 aliphatic heterocycles.